The highest BCUT2D eigenvalue weighted by Crippen LogP contribution is 1.95. The van der Waals surface area contributed by atoms with E-state index in [-0.39, 0.29) is 12.5 Å². The summed E-state index contributed by atoms with van der Waals surface area (Å²) in [6.07, 6.45) is 1.42. The van der Waals surface area contributed by atoms with E-state index in [1.807, 2.05) is 0 Å². The molecule has 0 bridgehead atoms. The first-order valence-electron chi connectivity index (χ1n) is 6.72. The number of urea groups is 1. The van der Waals surface area contributed by atoms with Crippen LogP contribution < -0.4 is 10.6 Å². The Labute approximate surface area is 113 Å². The van der Waals surface area contributed by atoms with Crippen molar-refractivity contribution in [3.63, 3.8) is 0 Å². The number of aliphatic carboxylic acids is 1. The normalized spacial score (nSPS) is 16.0. The Kier molecular flexibility index (Phi) is 7.92. The molecular weight excluding hydrogens is 250 g/mol. The summed E-state index contributed by atoms with van der Waals surface area (Å²) in [5.41, 5.74) is 0. The summed E-state index contributed by atoms with van der Waals surface area (Å²) in [6, 6.07) is -0.191. The van der Waals surface area contributed by atoms with Crippen LogP contribution in [0, 0.1) is 0 Å². The summed E-state index contributed by atoms with van der Waals surface area (Å²) < 4.78 is 5.24. The minimum atomic E-state index is -0.796. The lowest BCUT2D eigenvalue weighted by molar-refractivity contribution is -0.137. The lowest BCUT2D eigenvalue weighted by Crippen LogP contribution is -2.43. The summed E-state index contributed by atoms with van der Waals surface area (Å²) in [7, 11) is 0. The maximum Gasteiger partial charge on any atom is 0.314 e. The molecule has 0 spiro atoms. The second kappa shape index (κ2) is 9.57. The van der Waals surface area contributed by atoms with Crippen molar-refractivity contribution in [1.82, 2.24) is 15.5 Å². The van der Waals surface area contributed by atoms with Crippen molar-refractivity contribution in [3.8, 4) is 0 Å². The molecule has 0 unspecified atom stereocenters. The van der Waals surface area contributed by atoms with Gasteiger partial charge in [-0.15, -0.1) is 0 Å². The van der Waals surface area contributed by atoms with E-state index in [9.17, 15) is 9.59 Å². The van der Waals surface area contributed by atoms with Crippen molar-refractivity contribution < 1.29 is 19.4 Å². The first-order valence-corrected chi connectivity index (χ1v) is 6.72. The van der Waals surface area contributed by atoms with E-state index < -0.39 is 5.97 Å². The summed E-state index contributed by atoms with van der Waals surface area (Å²) in [5, 5.41) is 13.9. The molecule has 7 heteroatoms. The van der Waals surface area contributed by atoms with Crippen LogP contribution in [-0.2, 0) is 9.53 Å². The van der Waals surface area contributed by atoms with Crippen LogP contribution >= 0.6 is 0 Å². The summed E-state index contributed by atoms with van der Waals surface area (Å²) >= 11 is 0. The Morgan fingerprint density at radius 3 is 2.47 bits per heavy atom. The highest BCUT2D eigenvalue weighted by atomic mass is 16.5. The predicted octanol–water partition coefficient (Wildman–Crippen LogP) is -0.127. The molecule has 1 aliphatic rings. The first kappa shape index (κ1) is 15.7. The molecule has 0 saturated carbocycles. The quantitative estimate of drug-likeness (QED) is 0.536. The third kappa shape index (κ3) is 8.39. The molecule has 1 rings (SSSR count). The molecule has 1 fully saturated rings. The molecule has 1 heterocycles. The third-order valence-corrected chi connectivity index (χ3v) is 2.92. The Bertz CT molecular complexity index is 280. The maximum absolute atomic E-state index is 11.4. The van der Waals surface area contributed by atoms with Crippen LogP contribution in [0.25, 0.3) is 0 Å². The number of amides is 2. The number of nitrogens with zero attached hydrogens (tertiary/aromatic N) is 1. The van der Waals surface area contributed by atoms with Crippen molar-refractivity contribution in [1.29, 1.82) is 0 Å². The van der Waals surface area contributed by atoms with Crippen LogP contribution in [0.1, 0.15) is 19.3 Å². The van der Waals surface area contributed by atoms with Gasteiger partial charge in [-0.1, -0.05) is 0 Å². The lowest BCUT2D eigenvalue weighted by Gasteiger charge is -2.26. The van der Waals surface area contributed by atoms with Crippen LogP contribution in [0.2, 0.25) is 0 Å². The van der Waals surface area contributed by atoms with E-state index in [2.05, 4.69) is 15.5 Å². The van der Waals surface area contributed by atoms with Gasteiger partial charge in [-0.25, -0.2) is 4.79 Å². The Morgan fingerprint density at radius 1 is 1.11 bits per heavy atom. The highest BCUT2D eigenvalue weighted by Gasteiger charge is 2.09. The predicted molar refractivity (Wildman–Crippen MR) is 70.1 cm³/mol. The number of carboxylic acid groups (broad SMARTS) is 1. The number of unbranched alkanes of at least 4 members (excludes halogenated alkanes) is 1. The minimum absolute atomic E-state index is 0.153. The van der Waals surface area contributed by atoms with Gasteiger partial charge in [-0.05, 0) is 12.8 Å². The molecule has 110 valence electrons. The lowest BCUT2D eigenvalue weighted by atomic mass is 10.2. The molecular formula is C12H23N3O4. The molecule has 0 aromatic heterocycles. The summed E-state index contributed by atoms with van der Waals surface area (Å²) in [5.74, 6) is -0.796. The van der Waals surface area contributed by atoms with Gasteiger partial charge < -0.3 is 20.5 Å². The van der Waals surface area contributed by atoms with Crippen LogP contribution in [0.15, 0.2) is 0 Å². The molecule has 0 atom stereocenters. The maximum atomic E-state index is 11.4. The van der Waals surface area contributed by atoms with E-state index >= 15 is 0 Å². The van der Waals surface area contributed by atoms with Crippen molar-refractivity contribution in [2.24, 2.45) is 0 Å². The van der Waals surface area contributed by atoms with Gasteiger partial charge >= 0.3 is 12.0 Å². The summed E-state index contributed by atoms with van der Waals surface area (Å²) in [6.45, 7) is 5.30. The number of carbonyl (C=O) groups excluding carboxylic acids is 1. The van der Waals surface area contributed by atoms with Crippen molar-refractivity contribution >= 4 is 12.0 Å². The molecule has 2 amide bonds. The zero-order valence-corrected chi connectivity index (χ0v) is 11.2. The fraction of sp³-hybridized carbons (Fsp3) is 0.833. The van der Waals surface area contributed by atoms with Gasteiger partial charge in [0.05, 0.1) is 13.2 Å². The number of ether oxygens (including phenoxy) is 1. The molecule has 1 aliphatic heterocycles. The molecule has 0 aromatic carbocycles. The Hall–Kier alpha value is -1.34. The number of morpholine rings is 1. The van der Waals surface area contributed by atoms with Gasteiger partial charge in [0.25, 0.3) is 0 Å². The van der Waals surface area contributed by atoms with Crippen molar-refractivity contribution in [2.45, 2.75) is 19.3 Å². The Morgan fingerprint density at radius 2 is 1.79 bits per heavy atom. The molecule has 0 aliphatic carbocycles. The number of hydrogen-bond acceptors (Lipinski definition) is 4. The molecule has 19 heavy (non-hydrogen) atoms. The van der Waals surface area contributed by atoms with Crippen molar-refractivity contribution in [2.75, 3.05) is 45.9 Å². The first-order chi connectivity index (χ1) is 9.18. The zero-order chi connectivity index (χ0) is 13.9. The smallest absolute Gasteiger partial charge is 0.314 e. The second-order valence-electron chi connectivity index (χ2n) is 4.49. The minimum Gasteiger partial charge on any atom is -0.481 e. The van der Waals surface area contributed by atoms with Crippen molar-refractivity contribution in [3.05, 3.63) is 0 Å². The van der Waals surface area contributed by atoms with Gasteiger partial charge in [0, 0.05) is 39.1 Å². The number of rotatable bonds is 8. The van der Waals surface area contributed by atoms with E-state index in [1.54, 1.807) is 0 Å². The van der Waals surface area contributed by atoms with E-state index in [4.69, 9.17) is 9.84 Å². The van der Waals surface area contributed by atoms with Crippen LogP contribution in [0.5, 0.6) is 0 Å². The highest BCUT2D eigenvalue weighted by molar-refractivity contribution is 5.73. The van der Waals surface area contributed by atoms with Crippen LogP contribution in [0.3, 0.4) is 0 Å². The molecule has 7 nitrogen and oxygen atoms in total. The molecule has 0 radical (unpaired) electrons. The largest absolute Gasteiger partial charge is 0.481 e. The standard InChI is InChI=1S/C12H23N3O4/c16-11(17)3-1-2-4-13-12(18)14-5-6-15-7-9-19-10-8-15/h1-10H2,(H,16,17)(H2,13,14,18). The fourth-order valence-electron chi connectivity index (χ4n) is 1.82. The van der Waals surface area contributed by atoms with E-state index in [1.165, 1.54) is 0 Å². The number of nitrogens with one attached hydrogen (secondary N) is 2. The number of carbonyl (C=O) groups is 2. The topological polar surface area (TPSA) is 90.9 Å². The van der Waals surface area contributed by atoms with E-state index in [0.717, 1.165) is 32.8 Å². The molecule has 3 N–H and O–H groups in total. The molecule has 0 aromatic rings. The average Bonchev–Trinajstić information content (AvgIpc) is 2.39. The fourth-order valence-corrected chi connectivity index (χ4v) is 1.82. The monoisotopic (exact) mass is 273 g/mol. The number of carboxylic acids is 1. The van der Waals surface area contributed by atoms with Crippen LogP contribution in [0.4, 0.5) is 4.79 Å². The van der Waals surface area contributed by atoms with Gasteiger partial charge in [0.1, 0.15) is 0 Å². The zero-order valence-electron chi connectivity index (χ0n) is 11.2. The molecule has 1 saturated heterocycles. The SMILES string of the molecule is O=C(O)CCCCNC(=O)NCCN1CCOCC1. The van der Waals surface area contributed by atoms with Gasteiger partial charge in [-0.2, -0.15) is 0 Å². The number of hydrogen-bond donors (Lipinski definition) is 3. The Balaban J connectivity index is 1.91. The van der Waals surface area contributed by atoms with Gasteiger partial charge in [0.2, 0.25) is 0 Å². The van der Waals surface area contributed by atoms with Gasteiger partial charge in [0.15, 0.2) is 0 Å². The van der Waals surface area contributed by atoms with E-state index in [0.29, 0.717) is 25.9 Å². The van der Waals surface area contributed by atoms with Gasteiger partial charge in [-0.3, -0.25) is 9.69 Å². The second-order valence-corrected chi connectivity index (χ2v) is 4.49. The summed E-state index contributed by atoms with van der Waals surface area (Å²) in [4.78, 5) is 23.9. The average molecular weight is 273 g/mol. The third-order valence-electron chi connectivity index (χ3n) is 2.92. The van der Waals surface area contributed by atoms with Crippen LogP contribution in [-0.4, -0.2) is 67.9 Å².